The van der Waals surface area contributed by atoms with Gasteiger partial charge in [-0.05, 0) is 63.1 Å². The molecule has 1 aliphatic heterocycles. The largest absolute Gasteiger partial charge is 0.337 e. The Morgan fingerprint density at radius 2 is 1.58 bits per heavy atom. The number of sulfonamides is 1. The van der Waals surface area contributed by atoms with Crippen molar-refractivity contribution in [3.8, 4) is 0 Å². The fraction of sp³-hybridized carbons (Fsp3) is 0.280. The molecule has 10 nitrogen and oxygen atoms in total. The summed E-state index contributed by atoms with van der Waals surface area (Å²) in [7, 11) is -3.87. The van der Waals surface area contributed by atoms with Gasteiger partial charge in [-0.1, -0.05) is 23.7 Å². The first-order valence-corrected chi connectivity index (χ1v) is 13.0. The molecule has 2 aromatic carbocycles. The van der Waals surface area contributed by atoms with Crippen molar-refractivity contribution in [1.29, 1.82) is 0 Å². The third-order valence-corrected chi connectivity index (χ3v) is 7.34. The fourth-order valence-electron chi connectivity index (χ4n) is 3.81. The minimum atomic E-state index is -3.87. The molecule has 0 spiro atoms. The number of unbranched alkanes of at least 4 members (excludes halogenated alkanes) is 2. The molecule has 3 amide bonds. The summed E-state index contributed by atoms with van der Waals surface area (Å²) in [6.07, 6.45) is 2.11. The highest BCUT2D eigenvalue weighted by atomic mass is 32.2. The van der Waals surface area contributed by atoms with Gasteiger partial charge in [-0.25, -0.2) is 13.1 Å². The van der Waals surface area contributed by atoms with Crippen LogP contribution in [0.1, 0.15) is 57.7 Å². The molecule has 0 bridgehead atoms. The molecule has 2 N–H and O–H groups in total. The lowest BCUT2D eigenvalue weighted by atomic mass is 10.1. The summed E-state index contributed by atoms with van der Waals surface area (Å²) in [5.41, 5.74) is 2.52. The van der Waals surface area contributed by atoms with Crippen LogP contribution in [0.15, 0.2) is 57.9 Å². The number of amides is 3. The number of fused-ring (bicyclic) bond motifs is 1. The van der Waals surface area contributed by atoms with Crippen molar-refractivity contribution in [1.82, 2.24) is 10.1 Å². The topological polar surface area (TPSA) is 139 Å². The molecular weight excluding hydrogens is 484 g/mol. The van der Waals surface area contributed by atoms with Crippen molar-refractivity contribution in [2.45, 2.75) is 44.4 Å². The summed E-state index contributed by atoms with van der Waals surface area (Å²) in [5, 5.41) is 6.47. The van der Waals surface area contributed by atoms with Gasteiger partial charge >= 0.3 is 0 Å². The third kappa shape index (κ3) is 5.30. The average Bonchev–Trinajstić information content (AvgIpc) is 3.29. The third-order valence-electron chi connectivity index (χ3n) is 6.00. The predicted molar refractivity (Wildman–Crippen MR) is 132 cm³/mol. The monoisotopic (exact) mass is 510 g/mol. The fourth-order valence-corrected chi connectivity index (χ4v) is 4.85. The molecule has 0 radical (unpaired) electrons. The number of imide groups is 1. The van der Waals surface area contributed by atoms with Gasteiger partial charge in [0.25, 0.3) is 21.8 Å². The maximum absolute atomic E-state index is 12.6. The van der Waals surface area contributed by atoms with E-state index in [2.05, 4.69) is 15.2 Å². The molecule has 3 aromatic rings. The van der Waals surface area contributed by atoms with E-state index in [1.54, 1.807) is 38.1 Å². The van der Waals surface area contributed by atoms with Crippen molar-refractivity contribution in [3.05, 3.63) is 70.9 Å². The Kier molecular flexibility index (Phi) is 7.20. The van der Waals surface area contributed by atoms with Crippen LogP contribution in [0, 0.1) is 13.8 Å². The van der Waals surface area contributed by atoms with Crippen LogP contribution in [0.25, 0.3) is 0 Å². The number of hydrogen-bond acceptors (Lipinski definition) is 7. The maximum Gasteiger partial charge on any atom is 0.264 e. The van der Waals surface area contributed by atoms with Crippen LogP contribution in [-0.4, -0.2) is 42.7 Å². The van der Waals surface area contributed by atoms with Crippen LogP contribution in [0.2, 0.25) is 0 Å². The van der Waals surface area contributed by atoms with Crippen LogP contribution in [0.5, 0.6) is 0 Å². The molecule has 0 atom stereocenters. The van der Waals surface area contributed by atoms with Crippen molar-refractivity contribution in [2.24, 2.45) is 0 Å². The van der Waals surface area contributed by atoms with Gasteiger partial charge in [0.05, 0.1) is 21.7 Å². The first kappa shape index (κ1) is 25.1. The molecule has 4 rings (SSSR count). The van der Waals surface area contributed by atoms with Crippen LogP contribution >= 0.6 is 0 Å². The normalized spacial score (nSPS) is 13.1. The average molecular weight is 511 g/mol. The number of rotatable bonds is 10. The van der Waals surface area contributed by atoms with Crippen molar-refractivity contribution < 1.29 is 27.3 Å². The first-order valence-electron chi connectivity index (χ1n) is 11.5. The van der Waals surface area contributed by atoms with Gasteiger partial charge in [-0.3, -0.25) is 19.3 Å². The second kappa shape index (κ2) is 10.3. The molecule has 36 heavy (non-hydrogen) atoms. The second-order valence-corrected chi connectivity index (χ2v) is 10.2. The van der Waals surface area contributed by atoms with Gasteiger partial charge in [0, 0.05) is 24.2 Å². The van der Waals surface area contributed by atoms with Crippen molar-refractivity contribution in [3.63, 3.8) is 0 Å². The predicted octanol–water partition coefficient (Wildman–Crippen LogP) is 3.89. The maximum atomic E-state index is 12.6. The van der Waals surface area contributed by atoms with Gasteiger partial charge in [-0.2, -0.15) is 0 Å². The quantitative estimate of drug-likeness (QED) is 0.312. The van der Waals surface area contributed by atoms with E-state index in [1.165, 1.54) is 29.2 Å². The zero-order valence-electron chi connectivity index (χ0n) is 19.9. The molecule has 1 aliphatic rings. The number of carbonyl (C=O) groups excluding carboxylic acids is 3. The summed E-state index contributed by atoms with van der Waals surface area (Å²) in [4.78, 5) is 38.3. The van der Waals surface area contributed by atoms with Crippen LogP contribution < -0.4 is 10.0 Å². The number of nitrogens with zero attached hydrogens (tertiary/aromatic N) is 2. The van der Waals surface area contributed by atoms with E-state index in [9.17, 15) is 22.8 Å². The molecular formula is C25H26N4O6S. The van der Waals surface area contributed by atoms with Crippen molar-refractivity contribution >= 4 is 39.3 Å². The van der Waals surface area contributed by atoms with Crippen LogP contribution in [-0.2, 0) is 14.8 Å². The summed E-state index contributed by atoms with van der Waals surface area (Å²) in [6, 6.07) is 12.6. The Morgan fingerprint density at radius 3 is 2.17 bits per heavy atom. The second-order valence-electron chi connectivity index (χ2n) is 8.52. The highest BCUT2D eigenvalue weighted by molar-refractivity contribution is 7.92. The Balaban J connectivity index is 1.21. The summed E-state index contributed by atoms with van der Waals surface area (Å²) in [6.45, 7) is 3.72. The van der Waals surface area contributed by atoms with Crippen LogP contribution in [0.4, 0.5) is 11.6 Å². The Hall–Kier alpha value is -3.99. The SMILES string of the molecule is Cc1noc(NS(=O)(=O)c2ccc(NC(=O)CCCCCN3C(=O)c4ccccc4C3=O)cc2)c1C. The minimum Gasteiger partial charge on any atom is -0.337 e. The number of hydrogen-bond donors (Lipinski definition) is 2. The van der Waals surface area contributed by atoms with Gasteiger partial charge in [0.15, 0.2) is 0 Å². The lowest BCUT2D eigenvalue weighted by Crippen LogP contribution is -2.30. The summed E-state index contributed by atoms with van der Waals surface area (Å²) < 4.78 is 32.5. The number of aryl methyl sites for hydroxylation is 1. The Labute approximate surface area is 208 Å². The number of benzene rings is 2. The van der Waals surface area contributed by atoms with E-state index in [0.29, 0.717) is 53.9 Å². The van der Waals surface area contributed by atoms with E-state index in [1.807, 2.05) is 0 Å². The highest BCUT2D eigenvalue weighted by Gasteiger charge is 2.34. The summed E-state index contributed by atoms with van der Waals surface area (Å²) >= 11 is 0. The van der Waals surface area contributed by atoms with E-state index in [4.69, 9.17) is 4.52 Å². The number of anilines is 2. The highest BCUT2D eigenvalue weighted by Crippen LogP contribution is 2.24. The molecule has 0 fully saturated rings. The molecule has 0 saturated carbocycles. The number of aromatic nitrogens is 1. The molecule has 188 valence electrons. The van der Waals surface area contributed by atoms with E-state index in [-0.39, 0.29) is 34.9 Å². The molecule has 11 heteroatoms. The lowest BCUT2D eigenvalue weighted by Gasteiger charge is -2.13. The van der Waals surface area contributed by atoms with Crippen LogP contribution in [0.3, 0.4) is 0 Å². The van der Waals surface area contributed by atoms with E-state index < -0.39 is 10.0 Å². The molecule has 0 unspecified atom stereocenters. The standard InChI is InChI=1S/C25H26N4O6S/c1-16-17(2)27-35-23(16)28-36(33,34)19-13-11-18(12-14-19)26-22(30)10-4-3-7-15-29-24(31)20-8-5-6-9-21(20)25(29)32/h5-6,8-9,11-14,28H,3-4,7,10,15H2,1-2H3,(H,26,30). The van der Waals surface area contributed by atoms with Crippen molar-refractivity contribution in [2.75, 3.05) is 16.6 Å². The Bertz CT molecular complexity index is 1380. The molecule has 2 heterocycles. The molecule has 0 aliphatic carbocycles. The zero-order valence-corrected chi connectivity index (χ0v) is 20.7. The van der Waals surface area contributed by atoms with Gasteiger partial charge in [0.1, 0.15) is 0 Å². The lowest BCUT2D eigenvalue weighted by molar-refractivity contribution is -0.116. The molecule has 0 saturated heterocycles. The zero-order chi connectivity index (χ0) is 25.9. The molecule has 1 aromatic heterocycles. The Morgan fingerprint density at radius 1 is 0.944 bits per heavy atom. The minimum absolute atomic E-state index is 0.0158. The van der Waals surface area contributed by atoms with E-state index >= 15 is 0 Å². The smallest absolute Gasteiger partial charge is 0.264 e. The van der Waals surface area contributed by atoms with Gasteiger partial charge in [0.2, 0.25) is 11.8 Å². The number of nitrogens with one attached hydrogen (secondary N) is 2. The summed E-state index contributed by atoms with van der Waals surface area (Å²) in [5.74, 6) is -0.703. The van der Waals surface area contributed by atoms with E-state index in [0.717, 1.165) is 0 Å². The number of carbonyl (C=O) groups is 3. The van der Waals surface area contributed by atoms with Gasteiger partial charge < -0.3 is 9.84 Å². The van der Waals surface area contributed by atoms with Gasteiger partial charge in [-0.15, -0.1) is 0 Å². The first-order chi connectivity index (χ1) is 17.2.